The summed E-state index contributed by atoms with van der Waals surface area (Å²) in [7, 11) is 0. The van der Waals surface area contributed by atoms with Crippen LogP contribution in [0.2, 0.25) is 0 Å². The lowest BCUT2D eigenvalue weighted by Gasteiger charge is -2.19. The number of nitrogens with one attached hydrogen (secondary N) is 1. The monoisotopic (exact) mass is 257 g/mol. The number of para-hydroxylation sites is 1. The summed E-state index contributed by atoms with van der Waals surface area (Å²) in [5.74, 6) is 2.86. The molecule has 100 valence electrons. The van der Waals surface area contributed by atoms with Crippen molar-refractivity contribution < 1.29 is 9.15 Å². The number of benzene rings is 1. The second kappa shape index (κ2) is 5.49. The minimum Gasteiger partial charge on any atom is -0.493 e. The van der Waals surface area contributed by atoms with Gasteiger partial charge in [-0.2, -0.15) is 0 Å². The van der Waals surface area contributed by atoms with Crippen molar-refractivity contribution in [3.8, 4) is 17.1 Å². The molecule has 0 bridgehead atoms. The van der Waals surface area contributed by atoms with Gasteiger partial charge >= 0.3 is 0 Å². The fourth-order valence-electron chi connectivity index (χ4n) is 2.45. The van der Waals surface area contributed by atoms with Gasteiger partial charge in [-0.05, 0) is 43.1 Å². The van der Waals surface area contributed by atoms with E-state index in [9.17, 15) is 0 Å². The fourth-order valence-corrected chi connectivity index (χ4v) is 2.45. The quantitative estimate of drug-likeness (QED) is 0.911. The van der Waals surface area contributed by atoms with Crippen molar-refractivity contribution in [3.63, 3.8) is 0 Å². The SMILES string of the molecule is CCNCc1ccc(-c2cccc3c2OCCC3)o1. The highest BCUT2D eigenvalue weighted by molar-refractivity contribution is 5.68. The van der Waals surface area contributed by atoms with Crippen LogP contribution in [0.1, 0.15) is 24.7 Å². The summed E-state index contributed by atoms with van der Waals surface area (Å²) in [4.78, 5) is 0. The predicted molar refractivity (Wildman–Crippen MR) is 75.3 cm³/mol. The van der Waals surface area contributed by atoms with Gasteiger partial charge in [0.2, 0.25) is 0 Å². The molecule has 1 aromatic heterocycles. The molecule has 0 atom stereocenters. The van der Waals surface area contributed by atoms with Crippen molar-refractivity contribution in [1.82, 2.24) is 5.32 Å². The number of aryl methyl sites for hydroxylation is 1. The number of rotatable bonds is 4. The molecule has 0 spiro atoms. The zero-order valence-electron chi connectivity index (χ0n) is 11.2. The topological polar surface area (TPSA) is 34.4 Å². The van der Waals surface area contributed by atoms with E-state index in [0.717, 1.165) is 55.4 Å². The summed E-state index contributed by atoms with van der Waals surface area (Å²) in [5.41, 5.74) is 2.35. The second-order valence-electron chi connectivity index (χ2n) is 4.79. The first kappa shape index (κ1) is 12.3. The summed E-state index contributed by atoms with van der Waals surface area (Å²) in [6.45, 7) is 4.60. The maximum absolute atomic E-state index is 5.90. The standard InChI is InChI=1S/C16H19NO2/c1-2-17-11-13-8-9-15(19-13)14-7-3-5-12-6-4-10-18-16(12)14/h3,5,7-9,17H,2,4,6,10-11H2,1H3. The minimum atomic E-state index is 0.770. The molecule has 0 saturated heterocycles. The molecule has 1 aromatic carbocycles. The molecular formula is C16H19NO2. The second-order valence-corrected chi connectivity index (χ2v) is 4.79. The third kappa shape index (κ3) is 2.51. The molecule has 0 amide bonds. The van der Waals surface area contributed by atoms with Crippen molar-refractivity contribution in [1.29, 1.82) is 0 Å². The molecule has 0 aliphatic carbocycles. The van der Waals surface area contributed by atoms with Gasteiger partial charge in [0.25, 0.3) is 0 Å². The van der Waals surface area contributed by atoms with Gasteiger partial charge in [0.15, 0.2) is 0 Å². The van der Waals surface area contributed by atoms with Gasteiger partial charge in [0, 0.05) is 0 Å². The molecule has 2 aromatic rings. The van der Waals surface area contributed by atoms with Crippen molar-refractivity contribution in [2.24, 2.45) is 0 Å². The van der Waals surface area contributed by atoms with Gasteiger partial charge in [0.05, 0.1) is 18.7 Å². The van der Waals surface area contributed by atoms with E-state index in [0.29, 0.717) is 0 Å². The summed E-state index contributed by atoms with van der Waals surface area (Å²) < 4.78 is 11.7. The van der Waals surface area contributed by atoms with Gasteiger partial charge < -0.3 is 14.5 Å². The molecule has 0 radical (unpaired) electrons. The maximum atomic E-state index is 5.90. The summed E-state index contributed by atoms with van der Waals surface area (Å²) in [6.07, 6.45) is 2.19. The van der Waals surface area contributed by atoms with Crippen LogP contribution in [0, 0.1) is 0 Å². The van der Waals surface area contributed by atoms with Gasteiger partial charge in [-0.15, -0.1) is 0 Å². The van der Waals surface area contributed by atoms with Crippen molar-refractivity contribution in [2.45, 2.75) is 26.3 Å². The van der Waals surface area contributed by atoms with Crippen molar-refractivity contribution in [2.75, 3.05) is 13.2 Å². The molecule has 0 fully saturated rings. The molecule has 1 aliphatic heterocycles. The first-order chi connectivity index (χ1) is 9.38. The Hall–Kier alpha value is -1.74. The Labute approximate surface area is 113 Å². The van der Waals surface area contributed by atoms with E-state index in [1.54, 1.807) is 0 Å². The van der Waals surface area contributed by atoms with Gasteiger partial charge in [-0.3, -0.25) is 0 Å². The molecule has 19 heavy (non-hydrogen) atoms. The van der Waals surface area contributed by atoms with E-state index in [-0.39, 0.29) is 0 Å². The van der Waals surface area contributed by atoms with E-state index in [2.05, 4.69) is 30.4 Å². The average Bonchev–Trinajstić information content (AvgIpc) is 2.93. The fraction of sp³-hybridized carbons (Fsp3) is 0.375. The molecule has 3 heteroatoms. The molecule has 1 aliphatic rings. The van der Waals surface area contributed by atoms with Crippen molar-refractivity contribution in [3.05, 3.63) is 41.7 Å². The minimum absolute atomic E-state index is 0.770. The highest BCUT2D eigenvalue weighted by Crippen LogP contribution is 2.36. The smallest absolute Gasteiger partial charge is 0.138 e. The van der Waals surface area contributed by atoms with E-state index in [1.165, 1.54) is 5.56 Å². The van der Waals surface area contributed by atoms with Crippen LogP contribution in [-0.2, 0) is 13.0 Å². The molecule has 0 saturated carbocycles. The lowest BCUT2D eigenvalue weighted by molar-refractivity contribution is 0.289. The predicted octanol–water partition coefficient (Wildman–Crippen LogP) is 3.38. The van der Waals surface area contributed by atoms with Crippen LogP contribution in [0.4, 0.5) is 0 Å². The van der Waals surface area contributed by atoms with E-state index in [4.69, 9.17) is 9.15 Å². The summed E-state index contributed by atoms with van der Waals surface area (Å²) >= 11 is 0. The Bertz CT molecular complexity index is 560. The highest BCUT2D eigenvalue weighted by Gasteiger charge is 2.17. The van der Waals surface area contributed by atoms with Crippen LogP contribution >= 0.6 is 0 Å². The number of furan rings is 1. The van der Waals surface area contributed by atoms with E-state index in [1.807, 2.05) is 12.1 Å². The summed E-state index contributed by atoms with van der Waals surface area (Å²) in [5, 5.41) is 3.27. The molecule has 1 N–H and O–H groups in total. The zero-order valence-corrected chi connectivity index (χ0v) is 11.2. The average molecular weight is 257 g/mol. The third-order valence-corrected chi connectivity index (χ3v) is 3.41. The Morgan fingerprint density at radius 3 is 3.05 bits per heavy atom. The lowest BCUT2D eigenvalue weighted by Crippen LogP contribution is -2.10. The highest BCUT2D eigenvalue weighted by atomic mass is 16.5. The number of hydrogen-bond acceptors (Lipinski definition) is 3. The molecule has 3 nitrogen and oxygen atoms in total. The summed E-state index contributed by atoms with van der Waals surface area (Å²) in [6, 6.07) is 10.3. The van der Waals surface area contributed by atoms with Crippen LogP contribution in [0.5, 0.6) is 5.75 Å². The number of fused-ring (bicyclic) bond motifs is 1. The Kier molecular flexibility index (Phi) is 3.56. The first-order valence-electron chi connectivity index (χ1n) is 6.93. The number of hydrogen-bond donors (Lipinski definition) is 1. The number of ether oxygens (including phenoxy) is 1. The largest absolute Gasteiger partial charge is 0.493 e. The Morgan fingerprint density at radius 2 is 2.16 bits per heavy atom. The third-order valence-electron chi connectivity index (χ3n) is 3.41. The maximum Gasteiger partial charge on any atom is 0.138 e. The normalized spacial score (nSPS) is 13.9. The molecular weight excluding hydrogens is 238 g/mol. The van der Waals surface area contributed by atoms with Gasteiger partial charge in [-0.25, -0.2) is 0 Å². The molecule has 0 unspecified atom stereocenters. The van der Waals surface area contributed by atoms with Gasteiger partial charge in [-0.1, -0.05) is 19.1 Å². The zero-order chi connectivity index (χ0) is 13.1. The van der Waals surface area contributed by atoms with Crippen LogP contribution in [0.15, 0.2) is 34.7 Å². The molecule has 2 heterocycles. The Balaban J connectivity index is 1.91. The Morgan fingerprint density at radius 1 is 1.21 bits per heavy atom. The van der Waals surface area contributed by atoms with Crippen LogP contribution in [-0.4, -0.2) is 13.2 Å². The van der Waals surface area contributed by atoms with Crippen LogP contribution < -0.4 is 10.1 Å². The van der Waals surface area contributed by atoms with Crippen LogP contribution in [0.3, 0.4) is 0 Å². The molecule has 3 rings (SSSR count). The lowest BCUT2D eigenvalue weighted by atomic mass is 10.0. The van der Waals surface area contributed by atoms with Gasteiger partial charge in [0.1, 0.15) is 17.3 Å². The van der Waals surface area contributed by atoms with E-state index >= 15 is 0 Å². The van der Waals surface area contributed by atoms with Crippen LogP contribution in [0.25, 0.3) is 11.3 Å². The van der Waals surface area contributed by atoms with E-state index < -0.39 is 0 Å². The van der Waals surface area contributed by atoms with Crippen molar-refractivity contribution >= 4 is 0 Å². The first-order valence-corrected chi connectivity index (χ1v) is 6.93.